The average Bonchev–Trinajstić information content (AvgIpc) is 2.80. The van der Waals surface area contributed by atoms with Gasteiger partial charge >= 0.3 is 0 Å². The van der Waals surface area contributed by atoms with Gasteiger partial charge in [-0.3, -0.25) is 14.5 Å². The van der Waals surface area contributed by atoms with Gasteiger partial charge in [0.25, 0.3) is 5.91 Å². The lowest BCUT2D eigenvalue weighted by Gasteiger charge is -2.26. The molecule has 162 valence electrons. The zero-order valence-electron chi connectivity index (χ0n) is 18.2. The van der Waals surface area contributed by atoms with Gasteiger partial charge < -0.3 is 10.6 Å². The van der Waals surface area contributed by atoms with Crippen LogP contribution in [0.2, 0.25) is 0 Å². The summed E-state index contributed by atoms with van der Waals surface area (Å²) in [6, 6.07) is 25.7. The first-order valence-electron chi connectivity index (χ1n) is 10.4. The van der Waals surface area contributed by atoms with Crippen LogP contribution in [0, 0.1) is 11.3 Å². The van der Waals surface area contributed by atoms with Crippen LogP contribution in [0.5, 0.6) is 0 Å². The number of nitrogens with zero attached hydrogens (tertiary/aromatic N) is 2. The van der Waals surface area contributed by atoms with Crippen LogP contribution in [0.1, 0.15) is 35.3 Å². The third-order valence-corrected chi connectivity index (χ3v) is 5.02. The summed E-state index contributed by atoms with van der Waals surface area (Å²) in [5.74, 6) is -0.488. The highest BCUT2D eigenvalue weighted by Crippen LogP contribution is 2.18. The van der Waals surface area contributed by atoms with Crippen molar-refractivity contribution in [2.75, 3.05) is 17.2 Å². The number of para-hydroxylation sites is 2. The van der Waals surface area contributed by atoms with Crippen LogP contribution in [-0.2, 0) is 11.3 Å². The van der Waals surface area contributed by atoms with E-state index in [1.54, 1.807) is 36.4 Å². The van der Waals surface area contributed by atoms with Gasteiger partial charge in [0.1, 0.15) is 0 Å². The molecular weight excluding hydrogens is 400 g/mol. The number of rotatable bonds is 8. The van der Waals surface area contributed by atoms with Gasteiger partial charge in [-0.2, -0.15) is 5.26 Å². The summed E-state index contributed by atoms with van der Waals surface area (Å²) in [4.78, 5) is 27.6. The Morgan fingerprint density at radius 2 is 1.56 bits per heavy atom. The molecule has 0 aliphatic heterocycles. The lowest BCUT2D eigenvalue weighted by molar-refractivity contribution is -0.117. The van der Waals surface area contributed by atoms with E-state index in [2.05, 4.69) is 16.7 Å². The van der Waals surface area contributed by atoms with Crippen molar-refractivity contribution in [2.24, 2.45) is 0 Å². The molecular formula is C26H26N4O2. The number of nitrogens with one attached hydrogen (secondary N) is 2. The quantitative estimate of drug-likeness (QED) is 0.549. The molecule has 0 spiro atoms. The Balaban J connectivity index is 1.67. The second-order valence-electron chi connectivity index (χ2n) is 7.72. The SMILES string of the molecule is CC(C)N(CC(=O)Nc1ccccc1C(=O)Nc1ccccc1)Cc1ccc(C#N)cc1. The summed E-state index contributed by atoms with van der Waals surface area (Å²) in [7, 11) is 0. The minimum atomic E-state index is -0.287. The Morgan fingerprint density at radius 3 is 2.22 bits per heavy atom. The number of nitriles is 1. The molecule has 0 aliphatic carbocycles. The van der Waals surface area contributed by atoms with Crippen LogP contribution >= 0.6 is 0 Å². The first-order chi connectivity index (χ1) is 15.5. The fourth-order valence-corrected chi connectivity index (χ4v) is 3.22. The van der Waals surface area contributed by atoms with Crippen molar-refractivity contribution in [3.8, 4) is 6.07 Å². The molecule has 3 aromatic rings. The molecule has 0 saturated carbocycles. The number of hydrogen-bond acceptors (Lipinski definition) is 4. The number of carbonyl (C=O) groups excluding carboxylic acids is 2. The van der Waals surface area contributed by atoms with Crippen LogP contribution < -0.4 is 10.6 Å². The third kappa shape index (κ3) is 6.27. The van der Waals surface area contributed by atoms with E-state index >= 15 is 0 Å². The standard InChI is InChI=1S/C26H26N4O2/c1-19(2)30(17-21-14-12-20(16-27)13-15-21)18-25(31)29-24-11-7-6-10-23(24)26(32)28-22-8-4-3-5-9-22/h3-15,19H,17-18H2,1-2H3,(H,28,32)(H,29,31). The maximum atomic E-state index is 12.8. The third-order valence-electron chi connectivity index (χ3n) is 5.02. The van der Waals surface area contributed by atoms with Gasteiger partial charge in [-0.15, -0.1) is 0 Å². The first kappa shape index (κ1) is 22.7. The largest absolute Gasteiger partial charge is 0.324 e. The van der Waals surface area contributed by atoms with Crippen LogP contribution in [0.15, 0.2) is 78.9 Å². The molecule has 3 aromatic carbocycles. The predicted octanol–water partition coefficient (Wildman–Crippen LogP) is 4.66. The fraction of sp³-hybridized carbons (Fsp3) is 0.192. The van der Waals surface area contributed by atoms with E-state index in [9.17, 15) is 9.59 Å². The molecule has 0 fully saturated rings. The molecule has 32 heavy (non-hydrogen) atoms. The molecule has 0 radical (unpaired) electrons. The van der Waals surface area contributed by atoms with Crippen molar-refractivity contribution in [3.05, 3.63) is 95.6 Å². The Kier molecular flexibility index (Phi) is 7.74. The normalized spacial score (nSPS) is 10.6. The summed E-state index contributed by atoms with van der Waals surface area (Å²) < 4.78 is 0. The lowest BCUT2D eigenvalue weighted by Crippen LogP contribution is -2.37. The second kappa shape index (κ2) is 10.9. The molecule has 2 N–H and O–H groups in total. The molecule has 0 heterocycles. The highest BCUT2D eigenvalue weighted by molar-refractivity contribution is 6.10. The van der Waals surface area contributed by atoms with E-state index in [4.69, 9.17) is 5.26 Å². The van der Waals surface area contributed by atoms with Crippen molar-refractivity contribution in [1.29, 1.82) is 5.26 Å². The Bertz CT molecular complexity index is 1100. The van der Waals surface area contributed by atoms with E-state index in [-0.39, 0.29) is 24.4 Å². The summed E-state index contributed by atoms with van der Waals surface area (Å²) in [5.41, 5.74) is 3.18. The van der Waals surface area contributed by atoms with Crippen molar-refractivity contribution in [1.82, 2.24) is 4.90 Å². The van der Waals surface area contributed by atoms with Crippen molar-refractivity contribution in [3.63, 3.8) is 0 Å². The van der Waals surface area contributed by atoms with Crippen LogP contribution in [-0.4, -0.2) is 29.3 Å². The van der Waals surface area contributed by atoms with E-state index in [1.807, 2.05) is 61.2 Å². The Labute approximate surface area is 188 Å². The molecule has 0 aliphatic rings. The summed E-state index contributed by atoms with van der Waals surface area (Å²) >= 11 is 0. The average molecular weight is 427 g/mol. The van der Waals surface area contributed by atoms with Crippen LogP contribution in [0.3, 0.4) is 0 Å². The van der Waals surface area contributed by atoms with E-state index in [0.717, 1.165) is 5.56 Å². The molecule has 0 bridgehead atoms. The van der Waals surface area contributed by atoms with E-state index in [0.29, 0.717) is 29.0 Å². The summed E-state index contributed by atoms with van der Waals surface area (Å²) in [5, 5.41) is 14.7. The molecule has 0 saturated heterocycles. The maximum absolute atomic E-state index is 12.8. The zero-order chi connectivity index (χ0) is 22.9. The van der Waals surface area contributed by atoms with Crippen molar-refractivity contribution in [2.45, 2.75) is 26.4 Å². The van der Waals surface area contributed by atoms with Gasteiger partial charge in [0.15, 0.2) is 0 Å². The number of carbonyl (C=O) groups is 2. The van der Waals surface area contributed by atoms with E-state index < -0.39 is 0 Å². The molecule has 0 atom stereocenters. The second-order valence-corrected chi connectivity index (χ2v) is 7.72. The Hall–Kier alpha value is -3.95. The molecule has 0 aromatic heterocycles. The van der Waals surface area contributed by atoms with Gasteiger partial charge in [0.2, 0.25) is 5.91 Å². The Morgan fingerprint density at radius 1 is 0.906 bits per heavy atom. The maximum Gasteiger partial charge on any atom is 0.257 e. The molecule has 0 unspecified atom stereocenters. The molecule has 6 heteroatoms. The number of amides is 2. The van der Waals surface area contributed by atoms with Crippen LogP contribution in [0.25, 0.3) is 0 Å². The van der Waals surface area contributed by atoms with Gasteiger partial charge in [0.05, 0.1) is 29.4 Å². The zero-order valence-corrected chi connectivity index (χ0v) is 18.2. The topological polar surface area (TPSA) is 85.2 Å². The van der Waals surface area contributed by atoms with Gasteiger partial charge in [-0.25, -0.2) is 0 Å². The summed E-state index contributed by atoms with van der Waals surface area (Å²) in [6.45, 7) is 4.80. The highest BCUT2D eigenvalue weighted by Gasteiger charge is 2.17. The molecule has 6 nitrogen and oxygen atoms in total. The van der Waals surface area contributed by atoms with Crippen molar-refractivity contribution >= 4 is 23.2 Å². The summed E-state index contributed by atoms with van der Waals surface area (Å²) in [6.07, 6.45) is 0. The van der Waals surface area contributed by atoms with Gasteiger partial charge in [-0.05, 0) is 55.8 Å². The van der Waals surface area contributed by atoms with Crippen LogP contribution in [0.4, 0.5) is 11.4 Å². The lowest BCUT2D eigenvalue weighted by atomic mass is 10.1. The number of benzene rings is 3. The highest BCUT2D eigenvalue weighted by atomic mass is 16.2. The van der Waals surface area contributed by atoms with Gasteiger partial charge in [-0.1, -0.05) is 42.5 Å². The minimum absolute atomic E-state index is 0.132. The predicted molar refractivity (Wildman–Crippen MR) is 126 cm³/mol. The first-order valence-corrected chi connectivity index (χ1v) is 10.4. The molecule has 3 rings (SSSR count). The smallest absolute Gasteiger partial charge is 0.257 e. The monoisotopic (exact) mass is 426 g/mol. The molecule has 2 amide bonds. The fourth-order valence-electron chi connectivity index (χ4n) is 3.22. The number of anilines is 2. The van der Waals surface area contributed by atoms with Crippen molar-refractivity contribution < 1.29 is 9.59 Å². The van der Waals surface area contributed by atoms with Gasteiger partial charge in [0, 0.05) is 18.3 Å². The van der Waals surface area contributed by atoms with E-state index in [1.165, 1.54) is 0 Å². The minimum Gasteiger partial charge on any atom is -0.324 e. The number of hydrogen-bond donors (Lipinski definition) is 2.